The molecule has 0 radical (unpaired) electrons. The number of hydrogen-bond acceptors (Lipinski definition) is 2. The second-order valence-electron chi connectivity index (χ2n) is 6.23. The van der Waals surface area contributed by atoms with Gasteiger partial charge in [0.1, 0.15) is 5.69 Å². The Morgan fingerprint density at radius 3 is 2.54 bits per heavy atom. The van der Waals surface area contributed by atoms with Gasteiger partial charge in [0, 0.05) is 30.6 Å². The van der Waals surface area contributed by atoms with Gasteiger partial charge < -0.3 is 15.0 Å². The van der Waals surface area contributed by atoms with Crippen LogP contribution >= 0.6 is 0 Å². The maximum absolute atomic E-state index is 13.0. The number of nitrogens with one attached hydrogen (secondary N) is 1. The van der Waals surface area contributed by atoms with Crippen LogP contribution in [0.2, 0.25) is 0 Å². The lowest BCUT2D eigenvalue weighted by Gasteiger charge is -2.25. The number of carbonyl (C=O) groups is 1. The van der Waals surface area contributed by atoms with E-state index in [0.29, 0.717) is 18.8 Å². The predicted octanol–water partition coefficient (Wildman–Crippen LogP) is 3.44. The molecule has 0 fully saturated rings. The van der Waals surface area contributed by atoms with E-state index < -0.39 is 0 Å². The van der Waals surface area contributed by atoms with Crippen LogP contribution < -0.4 is 0 Å². The summed E-state index contributed by atoms with van der Waals surface area (Å²) in [5, 5.41) is 10.4. The molecule has 1 aromatic heterocycles. The first-order valence-corrected chi connectivity index (χ1v) is 8.19. The highest BCUT2D eigenvalue weighted by molar-refractivity contribution is 5.98. The van der Waals surface area contributed by atoms with Crippen LogP contribution in [0.1, 0.15) is 23.0 Å². The number of aliphatic hydroxyl groups is 1. The number of fused-ring (bicyclic) bond motifs is 1. The number of benzene rings is 2. The number of aliphatic hydroxyl groups excluding tert-OH is 1. The molecule has 2 N–H and O–H groups in total. The van der Waals surface area contributed by atoms with Gasteiger partial charge in [-0.1, -0.05) is 55.5 Å². The molecule has 0 spiro atoms. The highest BCUT2D eigenvalue weighted by atomic mass is 16.3. The maximum Gasteiger partial charge on any atom is 0.270 e. The van der Waals surface area contributed by atoms with E-state index in [0.717, 1.165) is 16.5 Å². The molecule has 3 aromatic rings. The molecule has 0 aliphatic heterocycles. The lowest BCUT2D eigenvalue weighted by atomic mass is 10.1. The van der Waals surface area contributed by atoms with Crippen LogP contribution in [-0.2, 0) is 6.54 Å². The number of para-hydroxylation sites is 1. The Hall–Kier alpha value is -2.59. The van der Waals surface area contributed by atoms with Crippen LogP contribution in [0.5, 0.6) is 0 Å². The van der Waals surface area contributed by atoms with Gasteiger partial charge in [0.2, 0.25) is 0 Å². The lowest BCUT2D eigenvalue weighted by Crippen LogP contribution is -2.35. The van der Waals surface area contributed by atoms with Crippen molar-refractivity contribution in [2.45, 2.75) is 13.5 Å². The standard InChI is InChI=1S/C20H22N2O2/c1-15(14-23)12-22(13-16-7-3-2-4-8-16)20(24)19-11-17-9-5-6-10-18(17)21-19/h2-11,15,21,23H,12-14H2,1H3/t15-/m0/s1. The molecule has 4 nitrogen and oxygen atoms in total. The van der Waals surface area contributed by atoms with Crippen LogP contribution in [0.15, 0.2) is 60.7 Å². The minimum absolute atomic E-state index is 0.0297. The number of carbonyl (C=O) groups excluding carboxylic acids is 1. The summed E-state index contributed by atoms with van der Waals surface area (Å²) in [4.78, 5) is 18.0. The molecule has 24 heavy (non-hydrogen) atoms. The van der Waals surface area contributed by atoms with Crippen molar-refractivity contribution in [3.8, 4) is 0 Å². The van der Waals surface area contributed by atoms with Crippen molar-refractivity contribution in [1.82, 2.24) is 9.88 Å². The van der Waals surface area contributed by atoms with Gasteiger partial charge >= 0.3 is 0 Å². The zero-order valence-electron chi connectivity index (χ0n) is 13.8. The van der Waals surface area contributed by atoms with Crippen LogP contribution in [0, 0.1) is 5.92 Å². The van der Waals surface area contributed by atoms with E-state index in [1.54, 1.807) is 4.90 Å². The van der Waals surface area contributed by atoms with Gasteiger partial charge in [-0.3, -0.25) is 4.79 Å². The summed E-state index contributed by atoms with van der Waals surface area (Å²) in [6.45, 7) is 3.04. The van der Waals surface area contributed by atoms with Crippen molar-refractivity contribution >= 4 is 16.8 Å². The summed E-state index contributed by atoms with van der Waals surface area (Å²) >= 11 is 0. The van der Waals surface area contributed by atoms with Gasteiger partial charge in [-0.25, -0.2) is 0 Å². The first-order chi connectivity index (χ1) is 11.7. The van der Waals surface area contributed by atoms with Gasteiger partial charge in [-0.05, 0) is 23.6 Å². The fourth-order valence-electron chi connectivity index (χ4n) is 2.82. The molecule has 4 heteroatoms. The molecule has 1 heterocycles. The molecule has 1 atom stereocenters. The molecule has 0 aliphatic carbocycles. The monoisotopic (exact) mass is 322 g/mol. The zero-order chi connectivity index (χ0) is 16.9. The Balaban J connectivity index is 1.86. The molecule has 0 saturated heterocycles. The molecule has 3 rings (SSSR count). The molecular formula is C20H22N2O2. The van der Waals surface area contributed by atoms with Crippen molar-refractivity contribution in [3.63, 3.8) is 0 Å². The summed E-state index contributed by atoms with van der Waals surface area (Å²) < 4.78 is 0. The highest BCUT2D eigenvalue weighted by Crippen LogP contribution is 2.18. The third-order valence-corrected chi connectivity index (χ3v) is 4.11. The second-order valence-corrected chi connectivity index (χ2v) is 6.23. The molecule has 124 valence electrons. The maximum atomic E-state index is 13.0. The smallest absolute Gasteiger partial charge is 0.270 e. The van der Waals surface area contributed by atoms with Gasteiger partial charge in [0.15, 0.2) is 0 Å². The number of aromatic amines is 1. The van der Waals surface area contributed by atoms with E-state index in [2.05, 4.69) is 4.98 Å². The van der Waals surface area contributed by atoms with Crippen LogP contribution in [0.25, 0.3) is 10.9 Å². The summed E-state index contributed by atoms with van der Waals surface area (Å²) in [6.07, 6.45) is 0. The van der Waals surface area contributed by atoms with Gasteiger partial charge in [0.05, 0.1) is 0 Å². The van der Waals surface area contributed by atoms with E-state index in [-0.39, 0.29) is 18.4 Å². The highest BCUT2D eigenvalue weighted by Gasteiger charge is 2.20. The zero-order valence-corrected chi connectivity index (χ0v) is 13.8. The summed E-state index contributed by atoms with van der Waals surface area (Å²) in [5.74, 6) is -0.0163. The lowest BCUT2D eigenvalue weighted by molar-refractivity contribution is 0.0689. The predicted molar refractivity (Wildman–Crippen MR) is 95.7 cm³/mol. The number of amides is 1. The molecule has 1 amide bonds. The molecule has 2 aromatic carbocycles. The minimum Gasteiger partial charge on any atom is -0.396 e. The molecule has 0 aliphatic rings. The molecular weight excluding hydrogens is 300 g/mol. The fraction of sp³-hybridized carbons (Fsp3) is 0.250. The van der Waals surface area contributed by atoms with Gasteiger partial charge in [-0.15, -0.1) is 0 Å². The van der Waals surface area contributed by atoms with Crippen molar-refractivity contribution in [3.05, 3.63) is 71.9 Å². The second kappa shape index (κ2) is 7.32. The van der Waals surface area contributed by atoms with E-state index in [1.165, 1.54) is 0 Å². The third-order valence-electron chi connectivity index (χ3n) is 4.11. The van der Waals surface area contributed by atoms with E-state index in [9.17, 15) is 9.90 Å². The largest absolute Gasteiger partial charge is 0.396 e. The Labute approximate surface area is 141 Å². The summed E-state index contributed by atoms with van der Waals surface area (Å²) in [5.41, 5.74) is 2.61. The Morgan fingerprint density at radius 2 is 1.83 bits per heavy atom. The molecule has 0 unspecified atom stereocenters. The first kappa shape index (κ1) is 16.3. The minimum atomic E-state index is -0.0460. The fourth-order valence-corrected chi connectivity index (χ4v) is 2.82. The Morgan fingerprint density at radius 1 is 1.12 bits per heavy atom. The molecule has 0 saturated carbocycles. The van der Waals surface area contributed by atoms with Gasteiger partial charge in [0.25, 0.3) is 5.91 Å². The average Bonchev–Trinajstić information content (AvgIpc) is 3.05. The number of rotatable bonds is 6. The van der Waals surface area contributed by atoms with Gasteiger partial charge in [-0.2, -0.15) is 0 Å². The normalized spacial score (nSPS) is 12.2. The Bertz CT molecular complexity index is 778. The Kier molecular flexibility index (Phi) is 4.96. The van der Waals surface area contributed by atoms with Crippen LogP contribution in [-0.4, -0.2) is 34.0 Å². The van der Waals surface area contributed by atoms with E-state index >= 15 is 0 Å². The van der Waals surface area contributed by atoms with Crippen molar-refractivity contribution in [2.24, 2.45) is 5.92 Å². The number of aromatic nitrogens is 1. The summed E-state index contributed by atoms with van der Waals surface area (Å²) in [7, 11) is 0. The summed E-state index contributed by atoms with van der Waals surface area (Å²) in [6, 6.07) is 19.7. The quantitative estimate of drug-likeness (QED) is 0.730. The topological polar surface area (TPSA) is 56.3 Å². The first-order valence-electron chi connectivity index (χ1n) is 8.19. The number of hydrogen-bond donors (Lipinski definition) is 2. The van der Waals surface area contributed by atoms with E-state index in [1.807, 2.05) is 67.6 Å². The number of H-pyrrole nitrogens is 1. The average molecular weight is 322 g/mol. The van der Waals surface area contributed by atoms with E-state index in [4.69, 9.17) is 0 Å². The molecule has 0 bridgehead atoms. The third kappa shape index (κ3) is 3.66. The van der Waals surface area contributed by atoms with Crippen LogP contribution in [0.4, 0.5) is 0 Å². The SMILES string of the molecule is C[C@H](CO)CN(Cc1ccccc1)C(=O)c1cc2ccccc2[nH]1. The van der Waals surface area contributed by atoms with Crippen molar-refractivity contribution in [2.75, 3.05) is 13.2 Å². The van der Waals surface area contributed by atoms with Crippen molar-refractivity contribution < 1.29 is 9.90 Å². The number of nitrogens with zero attached hydrogens (tertiary/aromatic N) is 1. The van der Waals surface area contributed by atoms with Crippen LogP contribution in [0.3, 0.4) is 0 Å². The van der Waals surface area contributed by atoms with Crippen molar-refractivity contribution in [1.29, 1.82) is 0 Å².